The van der Waals surface area contributed by atoms with Gasteiger partial charge >= 0.3 is 0 Å². The van der Waals surface area contributed by atoms with Gasteiger partial charge in [-0.05, 0) is 42.8 Å². The fourth-order valence-electron chi connectivity index (χ4n) is 2.26. The van der Waals surface area contributed by atoms with Gasteiger partial charge in [-0.15, -0.1) is 0 Å². The summed E-state index contributed by atoms with van der Waals surface area (Å²) in [5, 5.41) is 3.25. The van der Waals surface area contributed by atoms with Crippen molar-refractivity contribution < 1.29 is 8.78 Å². The Bertz CT molecular complexity index is 566. The van der Waals surface area contributed by atoms with Crippen LogP contribution in [0.15, 0.2) is 46.9 Å². The van der Waals surface area contributed by atoms with E-state index in [4.69, 9.17) is 0 Å². The quantitative estimate of drug-likeness (QED) is 0.837. The molecule has 1 nitrogen and oxygen atoms in total. The molecule has 0 aromatic heterocycles. The maximum atomic E-state index is 13.9. The van der Waals surface area contributed by atoms with Gasteiger partial charge < -0.3 is 5.32 Å². The van der Waals surface area contributed by atoms with Crippen LogP contribution in [0.1, 0.15) is 24.1 Å². The van der Waals surface area contributed by atoms with Crippen LogP contribution in [0.2, 0.25) is 0 Å². The molecule has 0 saturated heterocycles. The molecule has 1 atom stereocenters. The highest BCUT2D eigenvalue weighted by atomic mass is 79.9. The predicted octanol–water partition coefficient (Wildman–Crippen LogP) is 4.62. The van der Waals surface area contributed by atoms with E-state index >= 15 is 0 Å². The van der Waals surface area contributed by atoms with Gasteiger partial charge in [0.25, 0.3) is 0 Å². The lowest BCUT2D eigenvalue weighted by atomic mass is 9.98. The minimum absolute atomic E-state index is 0.171. The van der Waals surface area contributed by atoms with Crippen LogP contribution < -0.4 is 5.32 Å². The van der Waals surface area contributed by atoms with Crippen LogP contribution in [-0.4, -0.2) is 6.54 Å². The van der Waals surface area contributed by atoms with Crippen molar-refractivity contribution in [2.24, 2.45) is 0 Å². The fraction of sp³-hybridized carbons (Fsp3) is 0.250. The van der Waals surface area contributed by atoms with Crippen LogP contribution >= 0.6 is 15.9 Å². The van der Waals surface area contributed by atoms with E-state index in [9.17, 15) is 8.78 Å². The highest BCUT2D eigenvalue weighted by Gasteiger charge is 2.15. The number of rotatable bonds is 5. The van der Waals surface area contributed by atoms with E-state index in [1.807, 2.05) is 19.1 Å². The highest BCUT2D eigenvalue weighted by molar-refractivity contribution is 9.10. The second kappa shape index (κ2) is 6.95. The van der Waals surface area contributed by atoms with Gasteiger partial charge in [-0.25, -0.2) is 8.78 Å². The Morgan fingerprint density at radius 1 is 1.15 bits per heavy atom. The Balaban J connectivity index is 2.28. The summed E-state index contributed by atoms with van der Waals surface area (Å²) in [6.07, 6.45) is 0.533. The van der Waals surface area contributed by atoms with Gasteiger partial charge in [0.15, 0.2) is 0 Å². The molecule has 0 spiro atoms. The molecule has 2 aromatic rings. The van der Waals surface area contributed by atoms with Crippen molar-refractivity contribution in [3.05, 3.63) is 69.7 Å². The van der Waals surface area contributed by atoms with Gasteiger partial charge in [-0.3, -0.25) is 0 Å². The topological polar surface area (TPSA) is 12.0 Å². The molecule has 1 N–H and O–H groups in total. The molecule has 0 bridgehead atoms. The number of halogens is 3. The maximum Gasteiger partial charge on any atom is 0.127 e. The Morgan fingerprint density at radius 3 is 2.55 bits per heavy atom. The minimum atomic E-state index is -0.293. The first kappa shape index (κ1) is 15.1. The van der Waals surface area contributed by atoms with Gasteiger partial charge in [-0.2, -0.15) is 0 Å². The molecule has 20 heavy (non-hydrogen) atoms. The molecule has 1 unspecified atom stereocenters. The average molecular weight is 340 g/mol. The lowest BCUT2D eigenvalue weighted by Gasteiger charge is -2.19. The lowest BCUT2D eigenvalue weighted by Crippen LogP contribution is -2.24. The van der Waals surface area contributed by atoms with Gasteiger partial charge in [0.1, 0.15) is 11.6 Å². The number of likely N-dealkylation sites (N-methyl/N-ethyl adjacent to an activating group) is 1. The smallest absolute Gasteiger partial charge is 0.127 e. The monoisotopic (exact) mass is 339 g/mol. The summed E-state index contributed by atoms with van der Waals surface area (Å²) in [5.41, 5.74) is 1.43. The molecule has 0 aliphatic heterocycles. The molecule has 0 radical (unpaired) electrons. The second-order valence-electron chi connectivity index (χ2n) is 4.61. The lowest BCUT2D eigenvalue weighted by molar-refractivity contribution is 0.508. The molecule has 0 aliphatic carbocycles. The highest BCUT2D eigenvalue weighted by Crippen LogP contribution is 2.23. The molecule has 0 heterocycles. The summed E-state index contributed by atoms with van der Waals surface area (Å²) in [6, 6.07) is 11.3. The van der Waals surface area contributed by atoms with Gasteiger partial charge in [-0.1, -0.05) is 41.1 Å². The Kier molecular flexibility index (Phi) is 5.26. The number of benzene rings is 2. The molecule has 106 valence electrons. The van der Waals surface area contributed by atoms with Crippen LogP contribution in [0.4, 0.5) is 8.78 Å². The summed E-state index contributed by atoms with van der Waals surface area (Å²) in [7, 11) is 0. The molecule has 0 saturated carbocycles. The van der Waals surface area contributed by atoms with Gasteiger partial charge in [0, 0.05) is 16.1 Å². The third-order valence-corrected chi connectivity index (χ3v) is 3.55. The number of hydrogen-bond donors (Lipinski definition) is 1. The van der Waals surface area contributed by atoms with E-state index in [1.54, 1.807) is 12.1 Å². The van der Waals surface area contributed by atoms with Crippen LogP contribution in [0.5, 0.6) is 0 Å². The molecule has 2 aromatic carbocycles. The standard InChI is InChI=1S/C16H16BrF2N/c1-2-20-16(14-5-3-4-6-15(14)19)9-11-7-12(17)10-13(18)8-11/h3-8,10,16,20H,2,9H2,1H3. The van der Waals surface area contributed by atoms with Crippen molar-refractivity contribution in [1.82, 2.24) is 5.32 Å². The van der Waals surface area contributed by atoms with Crippen molar-refractivity contribution in [2.75, 3.05) is 6.54 Å². The maximum absolute atomic E-state index is 13.9. The molecule has 0 fully saturated rings. The normalized spacial score (nSPS) is 12.4. The largest absolute Gasteiger partial charge is 0.310 e. The zero-order valence-corrected chi connectivity index (χ0v) is 12.8. The van der Waals surface area contributed by atoms with Crippen molar-refractivity contribution in [3.63, 3.8) is 0 Å². The molecular weight excluding hydrogens is 324 g/mol. The first-order valence-corrected chi connectivity index (χ1v) is 7.32. The van der Waals surface area contributed by atoms with E-state index < -0.39 is 0 Å². The average Bonchev–Trinajstić information content (AvgIpc) is 2.37. The Labute approximate surface area is 126 Å². The number of hydrogen-bond acceptors (Lipinski definition) is 1. The summed E-state index contributed by atoms with van der Waals surface area (Å²) in [5.74, 6) is -0.535. The fourth-order valence-corrected chi connectivity index (χ4v) is 2.77. The van der Waals surface area contributed by atoms with E-state index in [0.29, 0.717) is 16.5 Å². The summed E-state index contributed by atoms with van der Waals surface area (Å²) < 4.78 is 28.0. The summed E-state index contributed by atoms with van der Waals surface area (Å²) >= 11 is 3.28. The third-order valence-electron chi connectivity index (χ3n) is 3.09. The van der Waals surface area contributed by atoms with E-state index in [0.717, 1.165) is 12.1 Å². The zero-order valence-electron chi connectivity index (χ0n) is 11.2. The van der Waals surface area contributed by atoms with E-state index in [-0.39, 0.29) is 17.7 Å². The van der Waals surface area contributed by atoms with Crippen molar-refractivity contribution in [3.8, 4) is 0 Å². The van der Waals surface area contributed by atoms with Crippen molar-refractivity contribution >= 4 is 15.9 Å². The van der Waals surface area contributed by atoms with Crippen molar-refractivity contribution in [2.45, 2.75) is 19.4 Å². The predicted molar refractivity (Wildman–Crippen MR) is 80.6 cm³/mol. The second-order valence-corrected chi connectivity index (χ2v) is 5.53. The first-order valence-electron chi connectivity index (χ1n) is 6.53. The SMILES string of the molecule is CCNC(Cc1cc(F)cc(Br)c1)c1ccccc1F. The molecular formula is C16H16BrF2N. The minimum Gasteiger partial charge on any atom is -0.310 e. The van der Waals surface area contributed by atoms with Crippen LogP contribution in [0.3, 0.4) is 0 Å². The van der Waals surface area contributed by atoms with Crippen LogP contribution in [0, 0.1) is 11.6 Å². The molecule has 0 amide bonds. The van der Waals surface area contributed by atoms with Gasteiger partial charge in [0.2, 0.25) is 0 Å². The zero-order chi connectivity index (χ0) is 14.5. The molecule has 2 rings (SSSR count). The van der Waals surface area contributed by atoms with E-state index in [2.05, 4.69) is 21.2 Å². The Hall–Kier alpha value is -1.26. The van der Waals surface area contributed by atoms with E-state index in [1.165, 1.54) is 18.2 Å². The summed E-state index contributed by atoms with van der Waals surface area (Å²) in [4.78, 5) is 0. The van der Waals surface area contributed by atoms with Crippen LogP contribution in [-0.2, 0) is 6.42 Å². The van der Waals surface area contributed by atoms with Gasteiger partial charge in [0.05, 0.1) is 0 Å². The van der Waals surface area contributed by atoms with Crippen molar-refractivity contribution in [1.29, 1.82) is 0 Å². The molecule has 4 heteroatoms. The Morgan fingerprint density at radius 2 is 1.90 bits per heavy atom. The summed E-state index contributed by atoms with van der Waals surface area (Å²) in [6.45, 7) is 2.69. The number of nitrogens with one attached hydrogen (secondary N) is 1. The molecule has 0 aliphatic rings. The van der Waals surface area contributed by atoms with Crippen LogP contribution in [0.25, 0.3) is 0 Å². The first-order chi connectivity index (χ1) is 9.60. The third kappa shape index (κ3) is 3.87.